The van der Waals surface area contributed by atoms with Crippen LogP contribution in [0.1, 0.15) is 24.7 Å². The van der Waals surface area contributed by atoms with Crippen molar-refractivity contribution < 1.29 is 0 Å². The van der Waals surface area contributed by atoms with Crippen molar-refractivity contribution in [2.45, 2.75) is 26.7 Å². The highest BCUT2D eigenvalue weighted by atomic mass is 15.3. The fourth-order valence-electron chi connectivity index (χ4n) is 2.44. The van der Waals surface area contributed by atoms with E-state index < -0.39 is 0 Å². The van der Waals surface area contributed by atoms with Crippen molar-refractivity contribution in [3.8, 4) is 17.1 Å². The van der Waals surface area contributed by atoms with E-state index in [4.69, 9.17) is 0 Å². The minimum absolute atomic E-state index is 0.769. The van der Waals surface area contributed by atoms with Crippen molar-refractivity contribution in [3.63, 3.8) is 0 Å². The quantitative estimate of drug-likeness (QED) is 0.715. The number of hydrogen-bond donors (Lipinski definition) is 0. The van der Waals surface area contributed by atoms with E-state index in [1.54, 1.807) is 0 Å². The van der Waals surface area contributed by atoms with Crippen LogP contribution in [0.3, 0.4) is 0 Å². The average molecular weight is 277 g/mol. The Balaban J connectivity index is 1.94. The van der Waals surface area contributed by atoms with Gasteiger partial charge in [-0.15, -0.1) is 5.10 Å². The zero-order chi connectivity index (χ0) is 14.7. The van der Waals surface area contributed by atoms with E-state index in [9.17, 15) is 0 Å². The summed E-state index contributed by atoms with van der Waals surface area (Å²) in [5.41, 5.74) is 3.46. The fraction of sp³-hybridized carbons (Fsp3) is 0.222. The van der Waals surface area contributed by atoms with E-state index in [1.807, 2.05) is 41.9 Å². The predicted molar refractivity (Wildman–Crippen MR) is 85.5 cm³/mol. The van der Waals surface area contributed by atoms with Gasteiger partial charge in [-0.1, -0.05) is 55.8 Å². The Labute approximate surface area is 125 Å². The second-order valence-corrected chi connectivity index (χ2v) is 5.18. The molecule has 0 fully saturated rings. The summed E-state index contributed by atoms with van der Waals surface area (Å²) < 4.78 is 1.90. The van der Waals surface area contributed by atoms with Crippen LogP contribution in [-0.4, -0.2) is 14.8 Å². The molecule has 21 heavy (non-hydrogen) atoms. The van der Waals surface area contributed by atoms with E-state index in [1.165, 1.54) is 12.0 Å². The Bertz CT molecular complexity index is 712. The van der Waals surface area contributed by atoms with Gasteiger partial charge in [-0.25, -0.2) is 9.67 Å². The molecule has 0 aliphatic rings. The first kappa shape index (κ1) is 13.6. The van der Waals surface area contributed by atoms with Crippen molar-refractivity contribution in [2.75, 3.05) is 0 Å². The van der Waals surface area contributed by atoms with Gasteiger partial charge >= 0.3 is 0 Å². The molecule has 0 unspecified atom stereocenters. The first-order chi connectivity index (χ1) is 10.3. The summed E-state index contributed by atoms with van der Waals surface area (Å²) >= 11 is 0. The van der Waals surface area contributed by atoms with Crippen molar-refractivity contribution in [1.82, 2.24) is 14.8 Å². The van der Waals surface area contributed by atoms with Gasteiger partial charge in [0.15, 0.2) is 5.82 Å². The highest BCUT2D eigenvalue weighted by Crippen LogP contribution is 2.18. The maximum absolute atomic E-state index is 4.63. The minimum Gasteiger partial charge on any atom is -0.218 e. The number of hydrogen-bond acceptors (Lipinski definition) is 2. The molecule has 3 nitrogen and oxygen atoms in total. The number of aryl methyl sites for hydroxylation is 2. The van der Waals surface area contributed by atoms with E-state index >= 15 is 0 Å². The van der Waals surface area contributed by atoms with Crippen LogP contribution in [0.4, 0.5) is 0 Å². The second kappa shape index (κ2) is 5.92. The average Bonchev–Trinajstić information content (AvgIpc) is 2.91. The van der Waals surface area contributed by atoms with E-state index in [0.717, 1.165) is 29.3 Å². The molecule has 3 heteroatoms. The molecular weight excluding hydrogens is 258 g/mol. The molecule has 1 aromatic heterocycles. The molecule has 1 heterocycles. The Morgan fingerprint density at radius 2 is 1.67 bits per heavy atom. The van der Waals surface area contributed by atoms with Crippen LogP contribution in [-0.2, 0) is 6.42 Å². The molecular formula is C18H19N3. The summed E-state index contributed by atoms with van der Waals surface area (Å²) in [6.07, 6.45) is 2.28. The number of benzene rings is 2. The summed E-state index contributed by atoms with van der Waals surface area (Å²) in [6, 6.07) is 18.6. The smallest absolute Gasteiger partial charge is 0.181 e. The third-order valence-corrected chi connectivity index (χ3v) is 3.52. The van der Waals surface area contributed by atoms with E-state index in [2.05, 4.69) is 41.3 Å². The lowest BCUT2D eigenvalue weighted by Gasteiger charge is -2.04. The zero-order valence-corrected chi connectivity index (χ0v) is 12.5. The SMILES string of the molecule is CCCc1ccc(-n2nc(-c3ccccc3)nc2C)cc1. The van der Waals surface area contributed by atoms with Gasteiger partial charge in [0.05, 0.1) is 5.69 Å². The maximum Gasteiger partial charge on any atom is 0.181 e. The number of rotatable bonds is 4. The molecule has 0 aliphatic heterocycles. The van der Waals surface area contributed by atoms with Crippen molar-refractivity contribution in [2.24, 2.45) is 0 Å². The Morgan fingerprint density at radius 1 is 0.952 bits per heavy atom. The largest absolute Gasteiger partial charge is 0.218 e. The molecule has 0 aliphatic carbocycles. The van der Waals surface area contributed by atoms with Gasteiger partial charge in [0.2, 0.25) is 0 Å². The summed E-state index contributed by atoms with van der Waals surface area (Å²) in [5.74, 6) is 1.67. The zero-order valence-electron chi connectivity index (χ0n) is 12.5. The third-order valence-electron chi connectivity index (χ3n) is 3.52. The monoisotopic (exact) mass is 277 g/mol. The first-order valence-corrected chi connectivity index (χ1v) is 7.36. The highest BCUT2D eigenvalue weighted by molar-refractivity contribution is 5.54. The highest BCUT2D eigenvalue weighted by Gasteiger charge is 2.09. The molecule has 0 atom stereocenters. The molecule has 3 rings (SSSR count). The summed E-state index contributed by atoms with van der Waals surface area (Å²) in [7, 11) is 0. The molecule has 0 N–H and O–H groups in total. The fourth-order valence-corrected chi connectivity index (χ4v) is 2.44. The lowest BCUT2D eigenvalue weighted by molar-refractivity contribution is 0.839. The number of aromatic nitrogens is 3. The normalized spacial score (nSPS) is 10.8. The van der Waals surface area contributed by atoms with E-state index in [0.29, 0.717) is 0 Å². The van der Waals surface area contributed by atoms with Crippen molar-refractivity contribution >= 4 is 0 Å². The molecule has 0 spiro atoms. The lowest BCUT2D eigenvalue weighted by Crippen LogP contribution is -1.99. The molecule has 0 saturated heterocycles. The van der Waals surface area contributed by atoms with Crippen LogP contribution >= 0.6 is 0 Å². The summed E-state index contributed by atoms with van der Waals surface area (Å²) in [5, 5.41) is 4.63. The molecule has 0 amide bonds. The first-order valence-electron chi connectivity index (χ1n) is 7.36. The predicted octanol–water partition coefficient (Wildman–Crippen LogP) is 4.20. The molecule has 0 saturated carbocycles. The van der Waals surface area contributed by atoms with Gasteiger partial charge in [0.1, 0.15) is 5.82 Å². The van der Waals surface area contributed by atoms with Crippen LogP contribution in [0, 0.1) is 6.92 Å². The van der Waals surface area contributed by atoms with Gasteiger partial charge in [0, 0.05) is 5.56 Å². The molecule has 106 valence electrons. The third kappa shape index (κ3) is 2.87. The molecule has 0 bridgehead atoms. The Morgan fingerprint density at radius 3 is 2.33 bits per heavy atom. The molecule has 3 aromatic rings. The van der Waals surface area contributed by atoms with Crippen LogP contribution in [0.2, 0.25) is 0 Å². The van der Waals surface area contributed by atoms with Gasteiger partial charge in [-0.05, 0) is 31.0 Å². The molecule has 2 aromatic carbocycles. The Hall–Kier alpha value is -2.42. The maximum atomic E-state index is 4.63. The van der Waals surface area contributed by atoms with Crippen molar-refractivity contribution in [3.05, 3.63) is 66.0 Å². The van der Waals surface area contributed by atoms with Gasteiger partial charge in [-0.3, -0.25) is 0 Å². The van der Waals surface area contributed by atoms with Crippen molar-refractivity contribution in [1.29, 1.82) is 0 Å². The summed E-state index contributed by atoms with van der Waals surface area (Å²) in [4.78, 5) is 4.57. The van der Waals surface area contributed by atoms with Crippen LogP contribution < -0.4 is 0 Å². The molecule has 0 radical (unpaired) electrons. The minimum atomic E-state index is 0.769. The van der Waals surface area contributed by atoms with Crippen LogP contribution in [0.5, 0.6) is 0 Å². The van der Waals surface area contributed by atoms with Crippen LogP contribution in [0.25, 0.3) is 17.1 Å². The topological polar surface area (TPSA) is 30.7 Å². The standard InChI is InChI=1S/C18H19N3/c1-3-7-15-10-12-17(13-11-15)21-14(2)19-18(20-21)16-8-5-4-6-9-16/h4-6,8-13H,3,7H2,1-2H3. The van der Waals surface area contributed by atoms with E-state index in [-0.39, 0.29) is 0 Å². The Kier molecular flexibility index (Phi) is 3.82. The van der Waals surface area contributed by atoms with Gasteiger partial charge in [-0.2, -0.15) is 0 Å². The van der Waals surface area contributed by atoms with Crippen LogP contribution in [0.15, 0.2) is 54.6 Å². The number of nitrogens with zero attached hydrogens (tertiary/aromatic N) is 3. The lowest BCUT2D eigenvalue weighted by atomic mass is 10.1. The summed E-state index contributed by atoms with van der Waals surface area (Å²) in [6.45, 7) is 4.18. The van der Waals surface area contributed by atoms with Gasteiger partial charge in [0.25, 0.3) is 0 Å². The van der Waals surface area contributed by atoms with Gasteiger partial charge < -0.3 is 0 Å². The second-order valence-electron chi connectivity index (χ2n) is 5.18.